The Bertz CT molecular complexity index is 727. The fourth-order valence-electron chi connectivity index (χ4n) is 2.72. The van der Waals surface area contributed by atoms with Gasteiger partial charge in [-0.05, 0) is 24.6 Å². The maximum Gasteiger partial charge on any atom is 0.228 e. The molecule has 2 heterocycles. The van der Waals surface area contributed by atoms with Crippen LogP contribution in [0.15, 0.2) is 22.8 Å². The molecule has 0 spiro atoms. The predicted octanol–water partition coefficient (Wildman–Crippen LogP) is 1.54. The fraction of sp³-hybridized carbons (Fsp3) is 0.438. The first-order chi connectivity index (χ1) is 11.5. The van der Waals surface area contributed by atoms with E-state index in [4.69, 9.17) is 0 Å². The third kappa shape index (κ3) is 3.76. The van der Waals surface area contributed by atoms with Crippen LogP contribution in [0, 0.1) is 18.6 Å². The summed E-state index contributed by atoms with van der Waals surface area (Å²) >= 11 is 0. The Morgan fingerprint density at radius 1 is 1.17 bits per heavy atom. The Labute approximate surface area is 138 Å². The molecule has 8 heteroatoms. The summed E-state index contributed by atoms with van der Waals surface area (Å²) in [6.07, 6.45) is 0.179. The topological polar surface area (TPSA) is 62.5 Å². The second-order valence-corrected chi connectivity index (χ2v) is 5.88. The number of nitrogens with zero attached hydrogens (tertiary/aromatic N) is 4. The number of carbonyl (C=O) groups is 1. The van der Waals surface area contributed by atoms with Crippen molar-refractivity contribution in [1.29, 1.82) is 0 Å². The van der Waals surface area contributed by atoms with Gasteiger partial charge in [-0.25, -0.2) is 13.4 Å². The second kappa shape index (κ2) is 7.04. The fourth-order valence-corrected chi connectivity index (χ4v) is 2.72. The molecule has 2 aromatic rings. The van der Waals surface area contributed by atoms with Crippen LogP contribution in [-0.2, 0) is 17.8 Å². The van der Waals surface area contributed by atoms with Crippen LogP contribution in [0.2, 0.25) is 0 Å². The molecule has 1 aromatic carbocycles. The lowest BCUT2D eigenvalue weighted by molar-refractivity contribution is -0.132. The van der Waals surface area contributed by atoms with Crippen molar-refractivity contribution >= 4 is 5.91 Å². The number of halogens is 2. The molecule has 0 bridgehead atoms. The van der Waals surface area contributed by atoms with Crippen LogP contribution < -0.4 is 0 Å². The molecule has 0 N–H and O–H groups in total. The van der Waals surface area contributed by atoms with Crippen molar-refractivity contribution in [3.05, 3.63) is 46.8 Å². The summed E-state index contributed by atoms with van der Waals surface area (Å²) in [6.45, 7) is 4.83. The highest BCUT2D eigenvalue weighted by Gasteiger charge is 2.23. The smallest absolute Gasteiger partial charge is 0.228 e. The summed E-state index contributed by atoms with van der Waals surface area (Å²) in [5.74, 6) is -1.69. The molecular weight excluding hydrogens is 318 g/mol. The number of hydrogen-bond acceptors (Lipinski definition) is 5. The first-order valence-corrected chi connectivity index (χ1v) is 7.75. The summed E-state index contributed by atoms with van der Waals surface area (Å²) in [6, 6.07) is 3.93. The van der Waals surface area contributed by atoms with Crippen molar-refractivity contribution in [1.82, 2.24) is 20.1 Å². The van der Waals surface area contributed by atoms with E-state index in [9.17, 15) is 13.6 Å². The van der Waals surface area contributed by atoms with Gasteiger partial charge in [-0.2, -0.15) is 0 Å². The van der Waals surface area contributed by atoms with Gasteiger partial charge in [-0.1, -0.05) is 16.4 Å². The van der Waals surface area contributed by atoms with Gasteiger partial charge in [0.25, 0.3) is 0 Å². The number of benzene rings is 1. The minimum absolute atomic E-state index is 0.0127. The van der Waals surface area contributed by atoms with E-state index < -0.39 is 11.6 Å². The molecule has 0 radical (unpaired) electrons. The third-order valence-corrected chi connectivity index (χ3v) is 4.18. The molecule has 1 saturated heterocycles. The van der Waals surface area contributed by atoms with Crippen LogP contribution in [0.4, 0.5) is 8.78 Å². The van der Waals surface area contributed by atoms with Gasteiger partial charge < -0.3 is 4.90 Å². The maximum absolute atomic E-state index is 13.2. The molecule has 0 aliphatic carbocycles. The molecule has 0 atom stereocenters. The molecule has 0 saturated carbocycles. The zero-order chi connectivity index (χ0) is 17.1. The minimum Gasteiger partial charge on any atom is -0.340 e. The molecule has 0 unspecified atom stereocenters. The van der Waals surface area contributed by atoms with E-state index in [1.807, 2.05) is 0 Å². The second-order valence-electron chi connectivity index (χ2n) is 5.88. The summed E-state index contributed by atoms with van der Waals surface area (Å²) in [7, 11) is 0. The lowest BCUT2D eigenvalue weighted by Gasteiger charge is -2.34. The first-order valence-electron chi connectivity index (χ1n) is 7.75. The Morgan fingerprint density at radius 2 is 1.92 bits per heavy atom. The Hall–Kier alpha value is -2.35. The maximum atomic E-state index is 13.2. The van der Waals surface area contributed by atoms with Crippen LogP contribution in [-0.4, -0.2) is 52.2 Å². The van der Waals surface area contributed by atoms with Gasteiger partial charge >= 0.3 is 0 Å². The molecular formula is C16H18F2N4O2. The van der Waals surface area contributed by atoms with E-state index in [2.05, 4.69) is 19.8 Å². The Morgan fingerprint density at radius 3 is 2.54 bits per heavy atom. The van der Waals surface area contributed by atoms with Crippen molar-refractivity contribution in [2.24, 2.45) is 0 Å². The van der Waals surface area contributed by atoms with Crippen molar-refractivity contribution in [3.8, 4) is 0 Å². The first kappa shape index (κ1) is 16.5. The van der Waals surface area contributed by atoms with E-state index in [1.165, 1.54) is 6.07 Å². The zero-order valence-corrected chi connectivity index (χ0v) is 13.3. The predicted molar refractivity (Wildman–Crippen MR) is 81.0 cm³/mol. The van der Waals surface area contributed by atoms with Crippen LogP contribution in [0.3, 0.4) is 0 Å². The van der Waals surface area contributed by atoms with Crippen LogP contribution in [0.1, 0.15) is 17.0 Å². The van der Waals surface area contributed by atoms with E-state index in [1.54, 1.807) is 17.9 Å². The monoisotopic (exact) mass is 336 g/mol. The average Bonchev–Trinajstić information content (AvgIpc) is 2.97. The number of piperazine rings is 1. The minimum atomic E-state index is -0.841. The van der Waals surface area contributed by atoms with Gasteiger partial charge in [0.2, 0.25) is 5.91 Å². The van der Waals surface area contributed by atoms with Crippen molar-refractivity contribution < 1.29 is 18.2 Å². The van der Waals surface area contributed by atoms with Gasteiger partial charge in [0.1, 0.15) is 11.4 Å². The number of hydrogen-bond donors (Lipinski definition) is 0. The molecule has 1 aromatic heterocycles. The molecule has 1 fully saturated rings. The van der Waals surface area contributed by atoms with Gasteiger partial charge in [0, 0.05) is 32.7 Å². The van der Waals surface area contributed by atoms with Gasteiger partial charge in [0.05, 0.1) is 6.42 Å². The standard InChI is InChI=1S/C16H18F2N4O2/c1-11-15(20-24-19-11)9-16(23)22-6-4-21(5-7-22)10-12-2-3-13(17)14(18)8-12/h2-3,8H,4-7,9-10H2,1H3. The zero-order valence-electron chi connectivity index (χ0n) is 13.3. The lowest BCUT2D eigenvalue weighted by Crippen LogP contribution is -2.48. The third-order valence-electron chi connectivity index (χ3n) is 4.18. The summed E-state index contributed by atoms with van der Waals surface area (Å²) in [5, 5.41) is 7.39. The molecule has 1 amide bonds. The quantitative estimate of drug-likeness (QED) is 0.848. The van der Waals surface area contributed by atoms with Gasteiger partial charge in [0.15, 0.2) is 11.6 Å². The normalized spacial score (nSPS) is 15.7. The Kier molecular flexibility index (Phi) is 4.84. The van der Waals surface area contributed by atoms with Crippen LogP contribution in [0.25, 0.3) is 0 Å². The highest BCUT2D eigenvalue weighted by atomic mass is 19.2. The number of rotatable bonds is 4. The molecule has 24 heavy (non-hydrogen) atoms. The van der Waals surface area contributed by atoms with Crippen molar-refractivity contribution in [2.75, 3.05) is 26.2 Å². The van der Waals surface area contributed by atoms with Crippen molar-refractivity contribution in [2.45, 2.75) is 19.9 Å². The van der Waals surface area contributed by atoms with Gasteiger partial charge in [-0.15, -0.1) is 0 Å². The number of aromatic nitrogens is 2. The SMILES string of the molecule is Cc1nonc1CC(=O)N1CCN(Cc2ccc(F)c(F)c2)CC1. The highest BCUT2D eigenvalue weighted by Crippen LogP contribution is 2.13. The van der Waals surface area contributed by atoms with Gasteiger partial charge in [-0.3, -0.25) is 9.69 Å². The molecule has 128 valence electrons. The van der Waals surface area contributed by atoms with E-state index in [0.717, 1.165) is 11.6 Å². The summed E-state index contributed by atoms with van der Waals surface area (Å²) in [4.78, 5) is 16.2. The number of amides is 1. The summed E-state index contributed by atoms with van der Waals surface area (Å²) in [5.41, 5.74) is 1.91. The molecule has 3 rings (SSSR count). The Balaban J connectivity index is 1.51. The molecule has 6 nitrogen and oxygen atoms in total. The van der Waals surface area contributed by atoms with E-state index >= 15 is 0 Å². The van der Waals surface area contributed by atoms with Crippen LogP contribution in [0.5, 0.6) is 0 Å². The molecule has 1 aliphatic heterocycles. The number of aryl methyl sites for hydroxylation is 1. The molecule has 1 aliphatic rings. The lowest BCUT2D eigenvalue weighted by atomic mass is 10.1. The van der Waals surface area contributed by atoms with Crippen LogP contribution >= 0.6 is 0 Å². The number of carbonyl (C=O) groups excluding carboxylic acids is 1. The largest absolute Gasteiger partial charge is 0.340 e. The highest BCUT2D eigenvalue weighted by molar-refractivity contribution is 5.78. The van der Waals surface area contributed by atoms with E-state index in [-0.39, 0.29) is 12.3 Å². The van der Waals surface area contributed by atoms with Crippen molar-refractivity contribution in [3.63, 3.8) is 0 Å². The summed E-state index contributed by atoms with van der Waals surface area (Å²) < 4.78 is 30.8. The average molecular weight is 336 g/mol. The van der Waals surface area contributed by atoms with E-state index in [0.29, 0.717) is 44.1 Å².